The number of aromatic nitrogens is 1. The summed E-state index contributed by atoms with van der Waals surface area (Å²) in [5.41, 5.74) is 3.83. The van der Waals surface area contributed by atoms with E-state index >= 15 is 0 Å². The topological polar surface area (TPSA) is 26.0 Å². The monoisotopic (exact) mass is 293 g/mol. The van der Waals surface area contributed by atoms with Gasteiger partial charge in [0.25, 0.3) is 0 Å². The van der Waals surface area contributed by atoms with Crippen molar-refractivity contribution in [3.8, 4) is 11.5 Å². The highest BCUT2D eigenvalue weighted by atomic mass is 35.5. The number of para-hydroxylation sites is 1. The number of pyridine rings is 1. The molecule has 102 valence electrons. The first-order valence-electron chi connectivity index (χ1n) is 6.76. The first kappa shape index (κ1) is 12.4. The number of benzene rings is 2. The molecule has 0 amide bonds. The molecule has 0 aliphatic heterocycles. The van der Waals surface area contributed by atoms with E-state index in [0.717, 1.165) is 27.9 Å². The molecular formula is C18H12ClNO. The van der Waals surface area contributed by atoms with Gasteiger partial charge in [0.05, 0.1) is 5.52 Å². The molecule has 2 aromatic heterocycles. The highest BCUT2D eigenvalue weighted by Gasteiger charge is 2.10. The van der Waals surface area contributed by atoms with Crippen LogP contribution in [-0.2, 0) is 0 Å². The van der Waals surface area contributed by atoms with Crippen molar-refractivity contribution >= 4 is 33.5 Å². The van der Waals surface area contributed by atoms with Crippen LogP contribution in [0.4, 0.5) is 0 Å². The Bertz CT molecular complexity index is 971. The second kappa shape index (κ2) is 4.61. The van der Waals surface area contributed by atoms with E-state index in [9.17, 15) is 0 Å². The van der Waals surface area contributed by atoms with Crippen LogP contribution in [0.2, 0.25) is 5.02 Å². The van der Waals surface area contributed by atoms with Gasteiger partial charge in [0.2, 0.25) is 0 Å². The molecule has 2 nitrogen and oxygen atoms in total. The zero-order chi connectivity index (χ0) is 14.4. The van der Waals surface area contributed by atoms with Gasteiger partial charge in [-0.1, -0.05) is 29.8 Å². The highest BCUT2D eigenvalue weighted by Crippen LogP contribution is 2.30. The number of hydrogen-bond acceptors (Lipinski definition) is 2. The van der Waals surface area contributed by atoms with Crippen LogP contribution in [0.3, 0.4) is 0 Å². The third-order valence-electron chi connectivity index (χ3n) is 3.65. The zero-order valence-corrected chi connectivity index (χ0v) is 12.2. The van der Waals surface area contributed by atoms with E-state index in [-0.39, 0.29) is 0 Å². The van der Waals surface area contributed by atoms with Crippen molar-refractivity contribution < 1.29 is 4.42 Å². The first-order chi connectivity index (χ1) is 10.2. The molecule has 0 saturated carbocycles. The van der Waals surface area contributed by atoms with Crippen LogP contribution in [0.5, 0.6) is 0 Å². The van der Waals surface area contributed by atoms with Crippen molar-refractivity contribution in [2.24, 2.45) is 0 Å². The molecule has 0 atom stereocenters. The minimum atomic E-state index is 0.706. The van der Waals surface area contributed by atoms with E-state index in [1.807, 2.05) is 42.5 Å². The lowest BCUT2D eigenvalue weighted by Crippen LogP contribution is -1.87. The van der Waals surface area contributed by atoms with Gasteiger partial charge in [0.1, 0.15) is 11.3 Å². The molecule has 0 N–H and O–H groups in total. The lowest BCUT2D eigenvalue weighted by atomic mass is 10.1. The summed E-state index contributed by atoms with van der Waals surface area (Å²) in [6.45, 7) is 2.09. The van der Waals surface area contributed by atoms with Crippen LogP contribution >= 0.6 is 11.6 Å². The summed E-state index contributed by atoms with van der Waals surface area (Å²) in [5.74, 6) is 0.765. The van der Waals surface area contributed by atoms with Crippen LogP contribution in [-0.4, -0.2) is 4.98 Å². The number of rotatable bonds is 1. The average Bonchev–Trinajstić information content (AvgIpc) is 2.90. The number of hydrogen-bond donors (Lipinski definition) is 0. The van der Waals surface area contributed by atoms with Gasteiger partial charge in [-0.15, -0.1) is 0 Å². The number of furan rings is 1. The Balaban J connectivity index is 1.95. The molecule has 2 aromatic carbocycles. The quantitative estimate of drug-likeness (QED) is 0.456. The molecule has 0 aliphatic carbocycles. The third kappa shape index (κ3) is 2.08. The summed E-state index contributed by atoms with van der Waals surface area (Å²) < 4.78 is 5.89. The van der Waals surface area contributed by atoms with Gasteiger partial charge in [0.15, 0.2) is 5.76 Å². The first-order valence-corrected chi connectivity index (χ1v) is 7.14. The largest absolute Gasteiger partial charge is 0.454 e. The van der Waals surface area contributed by atoms with E-state index in [0.29, 0.717) is 5.02 Å². The third-order valence-corrected chi connectivity index (χ3v) is 3.89. The SMILES string of the molecule is Cc1cc(-c2cc3cc(Cl)ccc3o2)nc2ccccc12. The Labute approximate surface area is 127 Å². The summed E-state index contributed by atoms with van der Waals surface area (Å²) >= 11 is 6.02. The highest BCUT2D eigenvalue weighted by molar-refractivity contribution is 6.31. The van der Waals surface area contributed by atoms with Gasteiger partial charge >= 0.3 is 0 Å². The van der Waals surface area contributed by atoms with Crippen molar-refractivity contribution in [3.05, 3.63) is 65.2 Å². The maximum Gasteiger partial charge on any atom is 0.153 e. The molecule has 21 heavy (non-hydrogen) atoms. The fraction of sp³-hybridized carbons (Fsp3) is 0.0556. The van der Waals surface area contributed by atoms with E-state index in [4.69, 9.17) is 21.0 Å². The summed E-state index contributed by atoms with van der Waals surface area (Å²) in [6.07, 6.45) is 0. The van der Waals surface area contributed by atoms with E-state index < -0.39 is 0 Å². The maximum absolute atomic E-state index is 6.02. The molecule has 0 saturated heterocycles. The fourth-order valence-electron chi connectivity index (χ4n) is 2.62. The fourth-order valence-corrected chi connectivity index (χ4v) is 2.80. The lowest BCUT2D eigenvalue weighted by Gasteiger charge is -2.04. The Morgan fingerprint density at radius 2 is 1.86 bits per heavy atom. The van der Waals surface area contributed by atoms with Crippen molar-refractivity contribution in [2.75, 3.05) is 0 Å². The van der Waals surface area contributed by atoms with Crippen molar-refractivity contribution in [1.29, 1.82) is 0 Å². The van der Waals surface area contributed by atoms with Crippen molar-refractivity contribution in [1.82, 2.24) is 4.98 Å². The molecule has 0 radical (unpaired) electrons. The molecule has 0 fully saturated rings. The molecule has 0 spiro atoms. The summed E-state index contributed by atoms with van der Waals surface area (Å²) in [5, 5.41) is 2.86. The van der Waals surface area contributed by atoms with Crippen molar-refractivity contribution in [3.63, 3.8) is 0 Å². The molecule has 0 aliphatic rings. The molecule has 0 unspecified atom stereocenters. The van der Waals surface area contributed by atoms with Gasteiger partial charge in [-0.05, 0) is 48.9 Å². The Morgan fingerprint density at radius 1 is 1.00 bits per heavy atom. The second-order valence-corrected chi connectivity index (χ2v) is 5.57. The van der Waals surface area contributed by atoms with Gasteiger partial charge in [-0.2, -0.15) is 0 Å². The van der Waals surface area contributed by atoms with E-state index in [2.05, 4.69) is 19.1 Å². The minimum absolute atomic E-state index is 0.706. The van der Waals surface area contributed by atoms with Crippen LogP contribution in [0.1, 0.15) is 5.56 Å². The van der Waals surface area contributed by atoms with Crippen molar-refractivity contribution in [2.45, 2.75) is 6.92 Å². The standard InChI is InChI=1S/C18H12ClNO/c1-11-8-16(20-15-5-3-2-4-14(11)15)18-10-12-9-13(19)6-7-17(12)21-18/h2-10H,1H3. The number of aryl methyl sites for hydroxylation is 1. The number of fused-ring (bicyclic) bond motifs is 2. The predicted octanol–water partition coefficient (Wildman–Crippen LogP) is 5.61. The lowest BCUT2D eigenvalue weighted by molar-refractivity contribution is 0.629. The van der Waals surface area contributed by atoms with Crippen LogP contribution in [0.25, 0.3) is 33.3 Å². The van der Waals surface area contributed by atoms with Gasteiger partial charge in [-0.25, -0.2) is 4.98 Å². The smallest absolute Gasteiger partial charge is 0.153 e. The van der Waals surface area contributed by atoms with Crippen LogP contribution in [0.15, 0.2) is 59.0 Å². The minimum Gasteiger partial charge on any atom is -0.454 e. The van der Waals surface area contributed by atoms with Gasteiger partial charge in [-0.3, -0.25) is 0 Å². The van der Waals surface area contributed by atoms with Crippen LogP contribution < -0.4 is 0 Å². The summed E-state index contributed by atoms with van der Waals surface area (Å²) in [7, 11) is 0. The van der Waals surface area contributed by atoms with E-state index in [1.165, 1.54) is 10.9 Å². The predicted molar refractivity (Wildman–Crippen MR) is 86.7 cm³/mol. The molecular weight excluding hydrogens is 282 g/mol. The number of nitrogens with zero attached hydrogens (tertiary/aromatic N) is 1. The normalized spacial score (nSPS) is 11.3. The molecule has 4 rings (SSSR count). The Morgan fingerprint density at radius 3 is 2.76 bits per heavy atom. The Kier molecular flexibility index (Phi) is 2.72. The van der Waals surface area contributed by atoms with Gasteiger partial charge < -0.3 is 4.42 Å². The molecule has 0 bridgehead atoms. The molecule has 2 heterocycles. The summed E-state index contributed by atoms with van der Waals surface area (Å²) in [6, 6.07) is 17.8. The molecule has 4 aromatic rings. The summed E-state index contributed by atoms with van der Waals surface area (Å²) in [4.78, 5) is 4.70. The molecule has 3 heteroatoms. The number of halogens is 1. The maximum atomic E-state index is 6.02. The Hall–Kier alpha value is -2.32. The second-order valence-electron chi connectivity index (χ2n) is 5.13. The average molecular weight is 294 g/mol. The zero-order valence-electron chi connectivity index (χ0n) is 11.4. The van der Waals surface area contributed by atoms with Gasteiger partial charge in [0, 0.05) is 15.8 Å². The van der Waals surface area contributed by atoms with Crippen LogP contribution in [0, 0.1) is 6.92 Å². The van der Waals surface area contributed by atoms with E-state index in [1.54, 1.807) is 0 Å².